The quantitative estimate of drug-likeness (QED) is 0.739. The number of carbonyl (C=O) groups excluding carboxylic acids is 2. The van der Waals surface area contributed by atoms with Crippen molar-refractivity contribution < 1.29 is 14.3 Å². The first-order chi connectivity index (χ1) is 16.1. The van der Waals surface area contributed by atoms with Crippen molar-refractivity contribution in [1.82, 2.24) is 19.9 Å². The number of fused-ring (bicyclic) bond motifs is 4. The van der Waals surface area contributed by atoms with E-state index in [9.17, 15) is 9.59 Å². The van der Waals surface area contributed by atoms with E-state index in [1.165, 1.54) is 13.4 Å². The Morgan fingerprint density at radius 3 is 2.76 bits per heavy atom. The molecule has 3 aliphatic heterocycles. The maximum atomic E-state index is 13.3. The number of piperidine rings is 1. The van der Waals surface area contributed by atoms with Crippen molar-refractivity contribution >= 4 is 35.3 Å². The van der Waals surface area contributed by atoms with E-state index in [2.05, 4.69) is 31.2 Å². The molecule has 3 amide bonds. The molecule has 1 N–H and O–H groups in total. The van der Waals surface area contributed by atoms with Crippen molar-refractivity contribution in [1.29, 1.82) is 0 Å². The number of urea groups is 1. The van der Waals surface area contributed by atoms with Gasteiger partial charge in [0.2, 0.25) is 0 Å². The van der Waals surface area contributed by atoms with Gasteiger partial charge in [0.25, 0.3) is 0 Å². The van der Waals surface area contributed by atoms with Gasteiger partial charge < -0.3 is 19.4 Å². The molecule has 0 radical (unpaired) electrons. The Morgan fingerprint density at radius 1 is 1.06 bits per heavy atom. The molecule has 2 aromatic rings. The van der Waals surface area contributed by atoms with Crippen LogP contribution in [-0.4, -0.2) is 84.4 Å². The molecule has 0 aliphatic carbocycles. The second kappa shape index (κ2) is 9.08. The monoisotopic (exact) mass is 452 g/mol. The van der Waals surface area contributed by atoms with Crippen LogP contribution < -0.4 is 20.0 Å². The van der Waals surface area contributed by atoms with Crippen molar-refractivity contribution in [3.05, 3.63) is 30.7 Å². The predicted octanol–water partition coefficient (Wildman–Crippen LogP) is 2.17. The number of methoxy groups -OCH3 is 1. The predicted molar refractivity (Wildman–Crippen MR) is 124 cm³/mol. The normalized spacial score (nSPS) is 20.1. The number of aromatic nitrogens is 3. The lowest BCUT2D eigenvalue weighted by atomic mass is 10.00. The summed E-state index contributed by atoms with van der Waals surface area (Å²) in [4.78, 5) is 46.3. The molecule has 0 spiro atoms. The van der Waals surface area contributed by atoms with Crippen LogP contribution in [0.25, 0.3) is 0 Å². The number of ether oxygens (including phenoxy) is 1. The molecule has 2 bridgehead atoms. The van der Waals surface area contributed by atoms with E-state index in [0.717, 1.165) is 50.4 Å². The first kappa shape index (κ1) is 21.2. The zero-order valence-corrected chi connectivity index (χ0v) is 18.7. The third-order valence-electron chi connectivity index (χ3n) is 6.46. The van der Waals surface area contributed by atoms with Crippen LogP contribution >= 0.6 is 0 Å². The Bertz CT molecular complexity index is 1020. The zero-order chi connectivity index (χ0) is 22.8. The standard InChI is InChI=1S/C22H28N8O3/c1-33-22(32)28-11-3-10-27(12-13-28)19-6-5-17-20(26-19)30(16-4-2-9-29(17)14-16)21(31)25-18-7-8-23-15-24-18/h5-8,15-16H,2-4,9-14H2,1H3,(H,23,24,25,31)/t16-/m0/s1. The highest BCUT2D eigenvalue weighted by Gasteiger charge is 2.38. The lowest BCUT2D eigenvalue weighted by Gasteiger charge is -2.46. The van der Waals surface area contributed by atoms with Crippen LogP contribution in [0.4, 0.5) is 32.7 Å². The fourth-order valence-electron chi connectivity index (χ4n) is 4.84. The van der Waals surface area contributed by atoms with Crippen molar-refractivity contribution in [3.8, 4) is 0 Å². The van der Waals surface area contributed by atoms with Crippen molar-refractivity contribution in [2.75, 3.05) is 66.4 Å². The molecule has 2 aromatic heterocycles. The Kier molecular flexibility index (Phi) is 5.84. The molecule has 0 aromatic carbocycles. The van der Waals surface area contributed by atoms with Crippen molar-refractivity contribution in [2.24, 2.45) is 0 Å². The molecular formula is C22H28N8O3. The summed E-state index contributed by atoms with van der Waals surface area (Å²) in [6.07, 6.45) is 5.48. The number of hydrogen-bond acceptors (Lipinski definition) is 8. The minimum absolute atomic E-state index is 0.0507. The molecule has 0 saturated carbocycles. The molecule has 2 saturated heterocycles. The lowest BCUT2D eigenvalue weighted by molar-refractivity contribution is 0.126. The Labute approximate surface area is 192 Å². The fraction of sp³-hybridized carbons (Fsp3) is 0.500. The summed E-state index contributed by atoms with van der Waals surface area (Å²) in [7, 11) is 1.41. The van der Waals surface area contributed by atoms with Crippen LogP contribution in [0.1, 0.15) is 19.3 Å². The van der Waals surface area contributed by atoms with Crippen molar-refractivity contribution in [2.45, 2.75) is 25.3 Å². The average molecular weight is 453 g/mol. The van der Waals surface area contributed by atoms with Crippen molar-refractivity contribution in [3.63, 3.8) is 0 Å². The third-order valence-corrected chi connectivity index (χ3v) is 6.46. The van der Waals surface area contributed by atoms with Crippen LogP contribution in [0.3, 0.4) is 0 Å². The van der Waals surface area contributed by atoms with Crippen LogP contribution in [0.5, 0.6) is 0 Å². The van der Waals surface area contributed by atoms with Gasteiger partial charge in [-0.25, -0.2) is 24.5 Å². The lowest BCUT2D eigenvalue weighted by Crippen LogP contribution is -2.56. The third kappa shape index (κ3) is 4.22. The SMILES string of the molecule is COC(=O)N1CCCN(c2ccc3c(n2)N(C(=O)Nc2ccncn2)[C@H]2CCCN3C2)CC1. The van der Waals surface area contributed by atoms with Gasteiger partial charge in [0, 0.05) is 45.5 Å². The number of nitrogens with one attached hydrogen (secondary N) is 1. The topological polar surface area (TPSA) is 107 Å². The molecule has 3 aliphatic rings. The summed E-state index contributed by atoms with van der Waals surface area (Å²) >= 11 is 0. The maximum Gasteiger partial charge on any atom is 0.409 e. The molecule has 174 valence electrons. The number of carbonyl (C=O) groups is 2. The molecular weight excluding hydrogens is 424 g/mol. The maximum absolute atomic E-state index is 13.3. The largest absolute Gasteiger partial charge is 0.453 e. The highest BCUT2D eigenvalue weighted by Crippen LogP contribution is 2.39. The van der Waals surface area contributed by atoms with Gasteiger partial charge in [-0.1, -0.05) is 0 Å². The highest BCUT2D eigenvalue weighted by molar-refractivity contribution is 6.04. The van der Waals surface area contributed by atoms with Gasteiger partial charge in [-0.15, -0.1) is 0 Å². The molecule has 11 nitrogen and oxygen atoms in total. The molecule has 33 heavy (non-hydrogen) atoms. The van der Waals surface area contributed by atoms with Crippen LogP contribution in [0, 0.1) is 0 Å². The Morgan fingerprint density at radius 2 is 1.94 bits per heavy atom. The molecule has 0 unspecified atom stereocenters. The first-order valence-corrected chi connectivity index (χ1v) is 11.3. The van der Waals surface area contributed by atoms with Crippen LogP contribution in [-0.2, 0) is 4.74 Å². The Balaban J connectivity index is 1.43. The van der Waals surface area contributed by atoms with Gasteiger partial charge in [0.05, 0.1) is 18.8 Å². The second-order valence-electron chi connectivity index (χ2n) is 8.45. The van der Waals surface area contributed by atoms with Gasteiger partial charge in [-0.05, 0) is 37.5 Å². The second-order valence-corrected chi connectivity index (χ2v) is 8.45. The van der Waals surface area contributed by atoms with E-state index in [1.807, 2.05) is 6.07 Å². The molecule has 5 heterocycles. The average Bonchev–Trinajstić information content (AvgIpc) is 3.10. The van der Waals surface area contributed by atoms with Gasteiger partial charge in [0.1, 0.15) is 18.0 Å². The molecule has 5 rings (SSSR count). The fourth-order valence-corrected chi connectivity index (χ4v) is 4.84. The molecule has 11 heteroatoms. The summed E-state index contributed by atoms with van der Waals surface area (Å²) in [6, 6.07) is 5.56. The summed E-state index contributed by atoms with van der Waals surface area (Å²) in [6.45, 7) is 4.41. The first-order valence-electron chi connectivity index (χ1n) is 11.3. The van der Waals surface area contributed by atoms with E-state index in [4.69, 9.17) is 9.72 Å². The summed E-state index contributed by atoms with van der Waals surface area (Å²) in [5.41, 5.74) is 0.971. The zero-order valence-electron chi connectivity index (χ0n) is 18.7. The summed E-state index contributed by atoms with van der Waals surface area (Å²) < 4.78 is 4.88. The summed E-state index contributed by atoms with van der Waals surface area (Å²) in [5, 5.41) is 2.90. The number of anilines is 4. The van der Waals surface area contributed by atoms with Gasteiger partial charge in [-0.3, -0.25) is 10.2 Å². The van der Waals surface area contributed by atoms with E-state index in [1.54, 1.807) is 22.1 Å². The van der Waals surface area contributed by atoms with E-state index in [-0.39, 0.29) is 18.2 Å². The van der Waals surface area contributed by atoms with Crippen LogP contribution in [0.15, 0.2) is 30.7 Å². The van der Waals surface area contributed by atoms with Gasteiger partial charge in [-0.2, -0.15) is 0 Å². The molecule has 1 atom stereocenters. The van der Waals surface area contributed by atoms with E-state index < -0.39 is 0 Å². The smallest absolute Gasteiger partial charge is 0.409 e. The minimum atomic E-state index is -0.302. The van der Waals surface area contributed by atoms with Crippen LogP contribution in [0.2, 0.25) is 0 Å². The highest BCUT2D eigenvalue weighted by atomic mass is 16.5. The minimum Gasteiger partial charge on any atom is -0.453 e. The number of pyridine rings is 1. The van der Waals surface area contributed by atoms with Gasteiger partial charge in [0.15, 0.2) is 5.82 Å². The summed E-state index contributed by atoms with van der Waals surface area (Å²) in [5.74, 6) is 1.94. The number of amides is 3. The Hall–Kier alpha value is -3.63. The van der Waals surface area contributed by atoms with Gasteiger partial charge >= 0.3 is 12.1 Å². The van der Waals surface area contributed by atoms with E-state index >= 15 is 0 Å². The molecule has 2 fully saturated rings. The van der Waals surface area contributed by atoms with E-state index in [0.29, 0.717) is 31.3 Å². The number of rotatable bonds is 2. The number of hydrogen-bond donors (Lipinski definition) is 1. The number of nitrogens with zero attached hydrogens (tertiary/aromatic N) is 7.